The van der Waals surface area contributed by atoms with Crippen molar-refractivity contribution < 1.29 is 9.84 Å². The third-order valence-corrected chi connectivity index (χ3v) is 3.78. The van der Waals surface area contributed by atoms with Gasteiger partial charge in [0, 0.05) is 17.0 Å². The number of rotatable bonds is 3. The van der Waals surface area contributed by atoms with Gasteiger partial charge in [0.2, 0.25) is 0 Å². The van der Waals surface area contributed by atoms with E-state index in [1.807, 2.05) is 24.3 Å². The van der Waals surface area contributed by atoms with E-state index in [1.54, 1.807) is 25.3 Å². The summed E-state index contributed by atoms with van der Waals surface area (Å²) in [6.07, 6.45) is 0.695. The molecule has 0 aliphatic carbocycles. The molecule has 5 heteroatoms. The summed E-state index contributed by atoms with van der Waals surface area (Å²) in [6, 6.07) is 12.9. The lowest BCUT2D eigenvalue weighted by atomic mass is 9.98. The molecule has 108 valence electrons. The molecule has 0 amide bonds. The zero-order valence-corrected chi connectivity index (χ0v) is 12.3. The highest BCUT2D eigenvalue weighted by molar-refractivity contribution is 6.31. The molecule has 21 heavy (non-hydrogen) atoms. The molecule has 2 aromatic carbocycles. The zero-order chi connectivity index (χ0) is 14.8. The highest BCUT2D eigenvalue weighted by atomic mass is 35.5. The van der Waals surface area contributed by atoms with Gasteiger partial charge in [0.15, 0.2) is 0 Å². The molecule has 0 saturated carbocycles. The first kappa shape index (κ1) is 13.8. The predicted molar refractivity (Wildman–Crippen MR) is 83.1 cm³/mol. The zero-order valence-electron chi connectivity index (χ0n) is 11.5. The second-order valence-electron chi connectivity index (χ2n) is 4.88. The van der Waals surface area contributed by atoms with E-state index in [0.717, 1.165) is 17.0 Å². The first-order valence-electron chi connectivity index (χ1n) is 6.62. The van der Waals surface area contributed by atoms with Crippen LogP contribution < -0.4 is 10.2 Å². The monoisotopic (exact) mass is 302 g/mol. The van der Waals surface area contributed by atoms with Crippen LogP contribution in [0.15, 0.2) is 47.6 Å². The first-order valence-corrected chi connectivity index (χ1v) is 7.00. The molecular weight excluding hydrogens is 288 g/mol. The van der Waals surface area contributed by atoms with Crippen molar-refractivity contribution in [3.63, 3.8) is 0 Å². The van der Waals surface area contributed by atoms with Gasteiger partial charge < -0.3 is 15.3 Å². The molecule has 0 fully saturated rings. The number of hydrogen-bond donors (Lipinski definition) is 2. The van der Waals surface area contributed by atoms with Gasteiger partial charge in [0.1, 0.15) is 11.5 Å². The van der Waals surface area contributed by atoms with E-state index >= 15 is 0 Å². The van der Waals surface area contributed by atoms with Crippen LogP contribution in [0.3, 0.4) is 0 Å². The lowest BCUT2D eigenvalue weighted by Crippen LogP contribution is -2.09. The van der Waals surface area contributed by atoms with Crippen molar-refractivity contribution in [2.45, 2.75) is 12.5 Å². The van der Waals surface area contributed by atoms with Crippen LogP contribution in [0.4, 0.5) is 0 Å². The Kier molecular flexibility index (Phi) is 3.71. The Balaban J connectivity index is 1.79. The molecule has 0 saturated heterocycles. The van der Waals surface area contributed by atoms with Crippen molar-refractivity contribution in [1.82, 2.24) is 5.43 Å². The highest BCUT2D eigenvalue weighted by Crippen LogP contribution is 2.30. The number of phenols is 1. The second kappa shape index (κ2) is 5.66. The number of ether oxygens (including phenoxy) is 1. The van der Waals surface area contributed by atoms with Crippen LogP contribution in [0, 0.1) is 0 Å². The Morgan fingerprint density at radius 3 is 2.71 bits per heavy atom. The first-order chi connectivity index (χ1) is 10.2. The third kappa shape index (κ3) is 2.81. The fourth-order valence-corrected chi connectivity index (χ4v) is 2.55. The smallest absolute Gasteiger partial charge is 0.124 e. The Morgan fingerprint density at radius 1 is 1.24 bits per heavy atom. The summed E-state index contributed by atoms with van der Waals surface area (Å²) in [7, 11) is 1.64. The van der Waals surface area contributed by atoms with Crippen LogP contribution in [-0.2, 0) is 0 Å². The molecule has 0 bridgehead atoms. The molecule has 4 nitrogen and oxygen atoms in total. The van der Waals surface area contributed by atoms with Gasteiger partial charge in [-0.1, -0.05) is 23.7 Å². The molecule has 0 unspecified atom stereocenters. The summed E-state index contributed by atoms with van der Waals surface area (Å²) in [6.45, 7) is 0. The molecule has 1 aliphatic rings. The lowest BCUT2D eigenvalue weighted by molar-refractivity contribution is 0.414. The maximum atomic E-state index is 9.94. The van der Waals surface area contributed by atoms with Gasteiger partial charge in [-0.25, -0.2) is 0 Å². The van der Waals surface area contributed by atoms with Crippen LogP contribution in [0.1, 0.15) is 23.6 Å². The van der Waals surface area contributed by atoms with Gasteiger partial charge in [-0.15, -0.1) is 0 Å². The SMILES string of the molecule is COc1ccc([C@H]2CC(c3cc(Cl)ccc3O)=NN2)cc1. The van der Waals surface area contributed by atoms with E-state index in [-0.39, 0.29) is 11.8 Å². The average Bonchev–Trinajstić information content (AvgIpc) is 2.99. The van der Waals surface area contributed by atoms with Crippen molar-refractivity contribution >= 4 is 17.3 Å². The van der Waals surface area contributed by atoms with Gasteiger partial charge in [-0.05, 0) is 35.9 Å². The molecule has 1 heterocycles. The number of phenolic OH excluding ortho intramolecular Hbond substituents is 1. The van der Waals surface area contributed by atoms with E-state index < -0.39 is 0 Å². The van der Waals surface area contributed by atoms with Crippen LogP contribution in [-0.4, -0.2) is 17.9 Å². The van der Waals surface area contributed by atoms with Gasteiger partial charge in [-0.2, -0.15) is 5.10 Å². The van der Waals surface area contributed by atoms with Gasteiger partial charge in [0.25, 0.3) is 0 Å². The van der Waals surface area contributed by atoms with Crippen molar-refractivity contribution in [1.29, 1.82) is 0 Å². The van der Waals surface area contributed by atoms with Gasteiger partial charge in [-0.3, -0.25) is 0 Å². The number of halogens is 1. The van der Waals surface area contributed by atoms with E-state index in [9.17, 15) is 5.11 Å². The molecule has 2 N–H and O–H groups in total. The van der Waals surface area contributed by atoms with Crippen LogP contribution in [0.5, 0.6) is 11.5 Å². The number of aromatic hydroxyl groups is 1. The molecule has 0 spiro atoms. The predicted octanol–water partition coefficient (Wildman–Crippen LogP) is 3.49. The minimum absolute atomic E-state index is 0.0873. The number of nitrogens with one attached hydrogen (secondary N) is 1. The quantitative estimate of drug-likeness (QED) is 0.912. The topological polar surface area (TPSA) is 53.9 Å². The van der Waals surface area contributed by atoms with E-state index in [0.29, 0.717) is 17.0 Å². The number of benzene rings is 2. The summed E-state index contributed by atoms with van der Waals surface area (Å²) in [5.41, 5.74) is 5.69. The minimum atomic E-state index is 0.0873. The van der Waals surface area contributed by atoms with Crippen LogP contribution >= 0.6 is 11.6 Å². The van der Waals surface area contributed by atoms with E-state index in [1.165, 1.54) is 0 Å². The number of hydrazone groups is 1. The molecule has 1 atom stereocenters. The summed E-state index contributed by atoms with van der Waals surface area (Å²) >= 11 is 5.98. The molecule has 0 radical (unpaired) electrons. The van der Waals surface area contributed by atoms with Crippen molar-refractivity contribution in [2.24, 2.45) is 5.10 Å². The van der Waals surface area contributed by atoms with E-state index in [4.69, 9.17) is 16.3 Å². The Morgan fingerprint density at radius 2 is 2.00 bits per heavy atom. The molecular formula is C16H15ClN2O2. The fraction of sp³-hybridized carbons (Fsp3) is 0.188. The third-order valence-electron chi connectivity index (χ3n) is 3.54. The maximum Gasteiger partial charge on any atom is 0.124 e. The molecule has 3 rings (SSSR count). The second-order valence-corrected chi connectivity index (χ2v) is 5.32. The summed E-state index contributed by atoms with van der Waals surface area (Å²) in [5, 5.41) is 14.8. The van der Waals surface area contributed by atoms with Crippen molar-refractivity contribution in [2.75, 3.05) is 7.11 Å². The molecule has 2 aromatic rings. The maximum absolute atomic E-state index is 9.94. The normalized spacial score (nSPS) is 17.2. The van der Waals surface area contributed by atoms with Crippen molar-refractivity contribution in [3.05, 3.63) is 58.6 Å². The Labute approximate surface area is 128 Å². The van der Waals surface area contributed by atoms with E-state index in [2.05, 4.69) is 10.5 Å². The molecule has 1 aliphatic heterocycles. The Bertz CT molecular complexity index is 683. The number of methoxy groups -OCH3 is 1. The van der Waals surface area contributed by atoms with Crippen LogP contribution in [0.2, 0.25) is 5.02 Å². The highest BCUT2D eigenvalue weighted by Gasteiger charge is 2.23. The lowest BCUT2D eigenvalue weighted by Gasteiger charge is -2.11. The summed E-state index contributed by atoms with van der Waals surface area (Å²) in [4.78, 5) is 0. The molecule has 0 aromatic heterocycles. The van der Waals surface area contributed by atoms with Gasteiger partial charge in [0.05, 0.1) is 18.9 Å². The number of nitrogens with zero attached hydrogens (tertiary/aromatic N) is 1. The largest absolute Gasteiger partial charge is 0.507 e. The van der Waals surface area contributed by atoms with Crippen LogP contribution in [0.25, 0.3) is 0 Å². The number of hydrogen-bond acceptors (Lipinski definition) is 4. The fourth-order valence-electron chi connectivity index (χ4n) is 2.38. The summed E-state index contributed by atoms with van der Waals surface area (Å²) in [5.74, 6) is 1.01. The van der Waals surface area contributed by atoms with Gasteiger partial charge >= 0.3 is 0 Å². The standard InChI is InChI=1S/C16H15ClN2O2/c1-21-12-5-2-10(3-6-12)14-9-15(19-18-14)13-8-11(17)4-7-16(13)20/h2-8,14,18,20H,9H2,1H3/t14-/m1/s1. The minimum Gasteiger partial charge on any atom is -0.507 e. The Hall–Kier alpha value is -2.20. The summed E-state index contributed by atoms with van der Waals surface area (Å²) < 4.78 is 5.15. The van der Waals surface area contributed by atoms with Crippen molar-refractivity contribution in [3.8, 4) is 11.5 Å². The average molecular weight is 303 g/mol.